The molecule has 1 amide bonds. The molecule has 5 heteroatoms. The van der Waals surface area contributed by atoms with Gasteiger partial charge in [0.15, 0.2) is 0 Å². The Kier molecular flexibility index (Phi) is 2.32. The van der Waals surface area contributed by atoms with Gasteiger partial charge in [0.25, 0.3) is 0 Å². The second-order valence-corrected chi connectivity index (χ2v) is 3.13. The monoisotopic (exact) mass is 171 g/mol. The molecule has 0 saturated carbocycles. The fourth-order valence-corrected chi connectivity index (χ4v) is 1.02. The highest BCUT2D eigenvalue weighted by atomic mass is 16.7. The molecule has 1 unspecified atom stereocenters. The van der Waals surface area contributed by atoms with Crippen LogP contribution >= 0.6 is 0 Å². The van der Waals surface area contributed by atoms with Crippen LogP contribution in [0.5, 0.6) is 0 Å². The number of hydrazine groups is 1. The number of hydrogen-bond acceptors (Lipinski definition) is 4. The van der Waals surface area contributed by atoms with Gasteiger partial charge < -0.3 is 4.84 Å². The van der Waals surface area contributed by atoms with Crippen LogP contribution in [0.1, 0.15) is 27.2 Å². The molecule has 0 aromatic rings. The standard InChI is InChI=1S/C7H13N3O2/c1-5-4-7(3,12-9-5)10-8-6(2)11/h10H,4H2,1-3H3,(H,8,11). The van der Waals surface area contributed by atoms with Crippen molar-refractivity contribution in [2.75, 3.05) is 0 Å². The van der Waals surface area contributed by atoms with Gasteiger partial charge in [0.1, 0.15) is 0 Å². The molecule has 0 radical (unpaired) electrons. The van der Waals surface area contributed by atoms with Gasteiger partial charge in [0, 0.05) is 13.3 Å². The normalized spacial score (nSPS) is 27.8. The summed E-state index contributed by atoms with van der Waals surface area (Å²) in [7, 11) is 0. The van der Waals surface area contributed by atoms with Crippen molar-refractivity contribution in [3.8, 4) is 0 Å². The van der Waals surface area contributed by atoms with Crippen LogP contribution in [0.3, 0.4) is 0 Å². The molecule has 1 rings (SSSR count). The fraction of sp³-hybridized carbons (Fsp3) is 0.714. The molecule has 0 aromatic carbocycles. The van der Waals surface area contributed by atoms with E-state index in [1.165, 1.54) is 6.92 Å². The highest BCUT2D eigenvalue weighted by Crippen LogP contribution is 2.18. The largest absolute Gasteiger partial charge is 0.372 e. The number of nitrogens with zero attached hydrogens (tertiary/aromatic N) is 1. The van der Waals surface area contributed by atoms with Crippen molar-refractivity contribution in [3.05, 3.63) is 0 Å². The lowest BCUT2D eigenvalue weighted by Crippen LogP contribution is -2.51. The Bertz CT molecular complexity index is 227. The first-order chi connectivity index (χ1) is 5.52. The van der Waals surface area contributed by atoms with Gasteiger partial charge in [0.2, 0.25) is 11.6 Å². The molecule has 1 aliphatic heterocycles. The highest BCUT2D eigenvalue weighted by molar-refractivity contribution is 5.83. The van der Waals surface area contributed by atoms with Gasteiger partial charge in [-0.3, -0.25) is 10.2 Å². The first-order valence-electron chi connectivity index (χ1n) is 3.77. The molecule has 2 N–H and O–H groups in total. The number of amides is 1. The fourth-order valence-electron chi connectivity index (χ4n) is 1.02. The summed E-state index contributed by atoms with van der Waals surface area (Å²) in [5.41, 5.74) is 5.54. The topological polar surface area (TPSA) is 62.7 Å². The van der Waals surface area contributed by atoms with E-state index < -0.39 is 5.72 Å². The Labute approximate surface area is 71.1 Å². The minimum atomic E-state index is -0.588. The Morgan fingerprint density at radius 1 is 1.75 bits per heavy atom. The van der Waals surface area contributed by atoms with E-state index in [2.05, 4.69) is 16.0 Å². The third-order valence-electron chi connectivity index (χ3n) is 1.50. The number of rotatable bonds is 2. The summed E-state index contributed by atoms with van der Waals surface area (Å²) in [6.45, 7) is 5.13. The maximum atomic E-state index is 10.6. The van der Waals surface area contributed by atoms with Crippen molar-refractivity contribution in [2.24, 2.45) is 5.16 Å². The molecule has 0 aliphatic carbocycles. The van der Waals surface area contributed by atoms with Crippen LogP contribution in [0.2, 0.25) is 0 Å². The van der Waals surface area contributed by atoms with Crippen LogP contribution in [0.4, 0.5) is 0 Å². The molecule has 0 bridgehead atoms. The zero-order chi connectivity index (χ0) is 9.19. The summed E-state index contributed by atoms with van der Waals surface area (Å²) >= 11 is 0. The second-order valence-electron chi connectivity index (χ2n) is 3.13. The van der Waals surface area contributed by atoms with Crippen LogP contribution < -0.4 is 10.9 Å². The molecule has 1 heterocycles. The third kappa shape index (κ3) is 2.20. The van der Waals surface area contributed by atoms with Gasteiger partial charge in [-0.05, 0) is 13.8 Å². The van der Waals surface area contributed by atoms with Crippen LogP contribution in [-0.4, -0.2) is 17.3 Å². The summed E-state index contributed by atoms with van der Waals surface area (Å²) in [5, 5.41) is 3.77. The minimum Gasteiger partial charge on any atom is -0.372 e. The molecule has 68 valence electrons. The maximum absolute atomic E-state index is 10.6. The molecule has 5 nitrogen and oxygen atoms in total. The van der Waals surface area contributed by atoms with Gasteiger partial charge in [-0.25, -0.2) is 0 Å². The Morgan fingerprint density at radius 2 is 2.42 bits per heavy atom. The van der Waals surface area contributed by atoms with E-state index in [9.17, 15) is 4.79 Å². The maximum Gasteiger partial charge on any atom is 0.231 e. The van der Waals surface area contributed by atoms with Crippen molar-refractivity contribution >= 4 is 11.6 Å². The molecule has 1 aliphatic rings. The van der Waals surface area contributed by atoms with Gasteiger partial charge >= 0.3 is 0 Å². The molecule has 0 aromatic heterocycles. The van der Waals surface area contributed by atoms with Crippen LogP contribution in [0.15, 0.2) is 5.16 Å². The lowest BCUT2D eigenvalue weighted by Gasteiger charge is -2.22. The molecular weight excluding hydrogens is 158 g/mol. The Balaban J connectivity index is 2.38. The lowest BCUT2D eigenvalue weighted by molar-refractivity contribution is -0.123. The Hall–Kier alpha value is -1.10. The molecule has 0 spiro atoms. The SMILES string of the molecule is CC(=O)NNC1(C)CC(C)=NO1. The predicted octanol–water partition coefficient (Wildman–Crippen LogP) is 0.139. The van der Waals surface area contributed by atoms with Gasteiger partial charge in [0.05, 0.1) is 5.71 Å². The number of oxime groups is 1. The van der Waals surface area contributed by atoms with Crippen LogP contribution in [0.25, 0.3) is 0 Å². The number of hydrogen-bond donors (Lipinski definition) is 2. The Morgan fingerprint density at radius 3 is 2.83 bits per heavy atom. The van der Waals surface area contributed by atoms with E-state index in [0.29, 0.717) is 6.42 Å². The molecular formula is C7H13N3O2. The van der Waals surface area contributed by atoms with Crippen LogP contribution in [0, 0.1) is 0 Å². The predicted molar refractivity (Wildman–Crippen MR) is 44.2 cm³/mol. The summed E-state index contributed by atoms with van der Waals surface area (Å²) in [4.78, 5) is 15.6. The van der Waals surface area contributed by atoms with E-state index in [-0.39, 0.29) is 5.91 Å². The molecule has 1 atom stereocenters. The summed E-state index contributed by atoms with van der Waals surface area (Å²) < 4.78 is 0. The minimum absolute atomic E-state index is 0.149. The van der Waals surface area contributed by atoms with Crippen molar-refractivity contribution < 1.29 is 9.63 Å². The average molecular weight is 171 g/mol. The first-order valence-corrected chi connectivity index (χ1v) is 3.77. The number of carbonyl (C=O) groups is 1. The van der Waals surface area contributed by atoms with Crippen LogP contribution in [-0.2, 0) is 9.63 Å². The smallest absolute Gasteiger partial charge is 0.231 e. The van der Waals surface area contributed by atoms with E-state index in [1.807, 2.05) is 13.8 Å². The van der Waals surface area contributed by atoms with Gasteiger partial charge in [-0.15, -0.1) is 0 Å². The van der Waals surface area contributed by atoms with Gasteiger partial charge in [-0.2, -0.15) is 5.43 Å². The zero-order valence-corrected chi connectivity index (χ0v) is 7.47. The second kappa shape index (κ2) is 3.10. The van der Waals surface area contributed by atoms with Crippen molar-refractivity contribution in [2.45, 2.75) is 32.9 Å². The van der Waals surface area contributed by atoms with Crippen molar-refractivity contribution in [3.63, 3.8) is 0 Å². The molecule has 12 heavy (non-hydrogen) atoms. The summed E-state index contributed by atoms with van der Waals surface area (Å²) in [6, 6.07) is 0. The van der Waals surface area contributed by atoms with Crippen molar-refractivity contribution in [1.29, 1.82) is 0 Å². The van der Waals surface area contributed by atoms with Crippen molar-refractivity contribution in [1.82, 2.24) is 10.9 Å². The quantitative estimate of drug-likeness (QED) is 0.581. The van der Waals surface area contributed by atoms with Gasteiger partial charge in [-0.1, -0.05) is 5.16 Å². The van der Waals surface area contributed by atoms with E-state index in [0.717, 1.165) is 5.71 Å². The molecule has 0 saturated heterocycles. The third-order valence-corrected chi connectivity index (χ3v) is 1.50. The zero-order valence-electron chi connectivity index (χ0n) is 7.47. The number of carbonyl (C=O) groups excluding carboxylic acids is 1. The highest BCUT2D eigenvalue weighted by Gasteiger charge is 2.32. The summed E-state index contributed by atoms with van der Waals surface area (Å²) in [5.74, 6) is -0.149. The van der Waals surface area contributed by atoms with E-state index in [1.54, 1.807) is 0 Å². The summed E-state index contributed by atoms with van der Waals surface area (Å²) in [6.07, 6.45) is 0.674. The van der Waals surface area contributed by atoms with E-state index >= 15 is 0 Å². The van der Waals surface area contributed by atoms with E-state index in [4.69, 9.17) is 4.84 Å². The first kappa shape index (κ1) is 8.99. The number of nitrogens with one attached hydrogen (secondary N) is 2. The molecule has 0 fully saturated rings. The lowest BCUT2D eigenvalue weighted by atomic mass is 10.1. The average Bonchev–Trinajstić information content (AvgIpc) is 2.29.